The van der Waals surface area contributed by atoms with Gasteiger partial charge in [0, 0.05) is 18.4 Å². The molecular formula is C23H23N3O3. The van der Waals surface area contributed by atoms with Crippen molar-refractivity contribution in [2.45, 2.75) is 13.8 Å². The molecule has 0 atom stereocenters. The molecule has 0 bridgehead atoms. The second kappa shape index (κ2) is 9.50. The number of ether oxygens (including phenoxy) is 1. The van der Waals surface area contributed by atoms with Crippen LogP contribution in [0.2, 0.25) is 0 Å². The number of pyridine rings is 1. The summed E-state index contributed by atoms with van der Waals surface area (Å²) in [6, 6.07) is 18.3. The number of rotatable bonds is 7. The Morgan fingerprint density at radius 2 is 1.72 bits per heavy atom. The number of nitrogens with one attached hydrogen (secondary N) is 1. The fraction of sp³-hybridized carbons (Fsp3) is 0.174. The summed E-state index contributed by atoms with van der Waals surface area (Å²) < 4.78 is 5.11. The molecule has 0 aliphatic rings. The third-order valence-corrected chi connectivity index (χ3v) is 4.32. The topological polar surface area (TPSA) is 71.5 Å². The van der Waals surface area contributed by atoms with Crippen molar-refractivity contribution in [1.29, 1.82) is 0 Å². The zero-order valence-corrected chi connectivity index (χ0v) is 16.5. The predicted molar refractivity (Wildman–Crippen MR) is 114 cm³/mol. The van der Waals surface area contributed by atoms with E-state index < -0.39 is 5.97 Å². The molecule has 1 heterocycles. The van der Waals surface area contributed by atoms with Crippen LogP contribution in [0.25, 0.3) is 0 Å². The molecule has 3 rings (SSSR count). The first-order valence-electron chi connectivity index (χ1n) is 9.49. The maximum absolute atomic E-state index is 13.0. The number of aromatic nitrogens is 1. The van der Waals surface area contributed by atoms with Gasteiger partial charge in [0.15, 0.2) is 0 Å². The van der Waals surface area contributed by atoms with Crippen molar-refractivity contribution in [3.63, 3.8) is 0 Å². The lowest BCUT2D eigenvalue weighted by molar-refractivity contribution is 0.0527. The van der Waals surface area contributed by atoms with Gasteiger partial charge in [-0.3, -0.25) is 9.78 Å². The van der Waals surface area contributed by atoms with E-state index in [4.69, 9.17) is 4.74 Å². The SMILES string of the molecule is CCOC(=O)c1ccccc1Nc1cncc(C(=O)N(CC)c2ccccc2)c1. The summed E-state index contributed by atoms with van der Waals surface area (Å²) >= 11 is 0. The van der Waals surface area contributed by atoms with Gasteiger partial charge in [0.25, 0.3) is 5.91 Å². The highest BCUT2D eigenvalue weighted by molar-refractivity contribution is 6.06. The molecule has 1 aromatic heterocycles. The van der Waals surface area contributed by atoms with Crippen molar-refractivity contribution in [1.82, 2.24) is 4.98 Å². The maximum atomic E-state index is 13.0. The first kappa shape index (κ1) is 20.1. The van der Waals surface area contributed by atoms with Crippen molar-refractivity contribution in [3.05, 3.63) is 84.2 Å². The molecule has 29 heavy (non-hydrogen) atoms. The lowest BCUT2D eigenvalue weighted by atomic mass is 10.1. The van der Waals surface area contributed by atoms with Crippen molar-refractivity contribution < 1.29 is 14.3 Å². The van der Waals surface area contributed by atoms with Gasteiger partial charge in [-0.1, -0.05) is 30.3 Å². The average Bonchev–Trinajstić information content (AvgIpc) is 2.76. The average molecular weight is 389 g/mol. The van der Waals surface area contributed by atoms with Gasteiger partial charge in [-0.2, -0.15) is 0 Å². The van der Waals surface area contributed by atoms with E-state index in [0.29, 0.717) is 35.7 Å². The van der Waals surface area contributed by atoms with Crippen molar-refractivity contribution in [2.24, 2.45) is 0 Å². The molecule has 6 heteroatoms. The Morgan fingerprint density at radius 3 is 2.45 bits per heavy atom. The Morgan fingerprint density at radius 1 is 1.00 bits per heavy atom. The molecule has 0 saturated carbocycles. The Balaban J connectivity index is 1.85. The highest BCUT2D eigenvalue weighted by Crippen LogP contribution is 2.23. The molecule has 1 N–H and O–H groups in total. The van der Waals surface area contributed by atoms with E-state index in [9.17, 15) is 9.59 Å². The molecule has 0 spiro atoms. The van der Waals surface area contributed by atoms with Gasteiger partial charge in [-0.05, 0) is 44.2 Å². The molecule has 2 aromatic carbocycles. The number of esters is 1. The molecule has 1 amide bonds. The van der Waals surface area contributed by atoms with Crippen molar-refractivity contribution in [2.75, 3.05) is 23.4 Å². The Labute approximate surface area is 170 Å². The van der Waals surface area contributed by atoms with Crippen LogP contribution in [0, 0.1) is 0 Å². The van der Waals surface area contributed by atoms with Crippen LogP contribution in [0.5, 0.6) is 0 Å². The second-order valence-corrected chi connectivity index (χ2v) is 6.24. The Bertz CT molecular complexity index is 989. The molecular weight excluding hydrogens is 366 g/mol. The number of hydrogen-bond donors (Lipinski definition) is 1. The highest BCUT2D eigenvalue weighted by atomic mass is 16.5. The summed E-state index contributed by atoms with van der Waals surface area (Å²) in [6.07, 6.45) is 3.15. The number of benzene rings is 2. The number of carbonyl (C=O) groups excluding carboxylic acids is 2. The quantitative estimate of drug-likeness (QED) is 0.595. The van der Waals surface area contributed by atoms with E-state index in [0.717, 1.165) is 5.69 Å². The molecule has 0 unspecified atom stereocenters. The minimum atomic E-state index is -0.406. The van der Waals surface area contributed by atoms with Gasteiger partial charge < -0.3 is 15.0 Å². The normalized spacial score (nSPS) is 10.3. The summed E-state index contributed by atoms with van der Waals surface area (Å²) in [6.45, 7) is 4.52. The van der Waals surface area contributed by atoms with E-state index >= 15 is 0 Å². The van der Waals surface area contributed by atoms with Crippen LogP contribution in [0.3, 0.4) is 0 Å². The molecule has 0 radical (unpaired) electrons. The number of nitrogens with zero attached hydrogens (tertiary/aromatic N) is 2. The molecule has 6 nitrogen and oxygen atoms in total. The number of anilines is 3. The van der Waals surface area contributed by atoms with E-state index in [1.807, 2.05) is 43.3 Å². The molecule has 0 aliphatic carbocycles. The van der Waals surface area contributed by atoms with Gasteiger partial charge in [0.05, 0.1) is 35.3 Å². The summed E-state index contributed by atoms with van der Waals surface area (Å²) in [5.41, 5.74) is 2.90. The van der Waals surface area contributed by atoms with E-state index in [1.54, 1.807) is 42.3 Å². The smallest absolute Gasteiger partial charge is 0.340 e. The summed E-state index contributed by atoms with van der Waals surface area (Å²) in [4.78, 5) is 31.1. The zero-order chi connectivity index (χ0) is 20.6. The van der Waals surface area contributed by atoms with E-state index in [2.05, 4.69) is 10.3 Å². The molecule has 0 saturated heterocycles. The molecule has 148 valence electrons. The third kappa shape index (κ3) is 4.79. The first-order chi connectivity index (χ1) is 14.1. The van der Waals surface area contributed by atoms with Crippen LogP contribution < -0.4 is 10.2 Å². The van der Waals surface area contributed by atoms with Gasteiger partial charge >= 0.3 is 5.97 Å². The lowest BCUT2D eigenvalue weighted by Crippen LogP contribution is -2.30. The third-order valence-electron chi connectivity index (χ3n) is 4.32. The summed E-state index contributed by atoms with van der Waals surface area (Å²) in [7, 11) is 0. The van der Waals surface area contributed by atoms with Crippen LogP contribution in [0.1, 0.15) is 34.6 Å². The van der Waals surface area contributed by atoms with Crippen LogP contribution in [0.15, 0.2) is 73.1 Å². The summed E-state index contributed by atoms with van der Waals surface area (Å²) in [5.74, 6) is -0.550. The lowest BCUT2D eigenvalue weighted by Gasteiger charge is -2.21. The second-order valence-electron chi connectivity index (χ2n) is 6.24. The van der Waals surface area contributed by atoms with E-state index in [1.165, 1.54) is 6.20 Å². The van der Waals surface area contributed by atoms with Crippen molar-refractivity contribution in [3.8, 4) is 0 Å². The minimum Gasteiger partial charge on any atom is -0.462 e. The number of hydrogen-bond acceptors (Lipinski definition) is 5. The first-order valence-corrected chi connectivity index (χ1v) is 9.49. The predicted octanol–water partition coefficient (Wildman–Crippen LogP) is 4.67. The standard InChI is InChI=1S/C23H23N3O3/c1-3-26(19-10-6-5-7-11-19)22(27)17-14-18(16-24-15-17)25-21-13-9-8-12-20(21)23(28)29-4-2/h5-16,25H,3-4H2,1-2H3. The maximum Gasteiger partial charge on any atom is 0.340 e. The minimum absolute atomic E-state index is 0.145. The van der Waals surface area contributed by atoms with Crippen LogP contribution in [-0.2, 0) is 4.74 Å². The van der Waals surface area contributed by atoms with Crippen LogP contribution in [-0.4, -0.2) is 30.0 Å². The summed E-state index contributed by atoms with van der Waals surface area (Å²) in [5, 5.41) is 3.17. The van der Waals surface area contributed by atoms with Gasteiger partial charge in [-0.15, -0.1) is 0 Å². The van der Waals surface area contributed by atoms with Crippen LogP contribution >= 0.6 is 0 Å². The van der Waals surface area contributed by atoms with Gasteiger partial charge in [0.2, 0.25) is 0 Å². The number of carbonyl (C=O) groups is 2. The zero-order valence-electron chi connectivity index (χ0n) is 16.5. The largest absolute Gasteiger partial charge is 0.462 e. The fourth-order valence-electron chi connectivity index (χ4n) is 2.97. The van der Waals surface area contributed by atoms with Gasteiger partial charge in [-0.25, -0.2) is 4.79 Å². The molecule has 0 fully saturated rings. The number of amides is 1. The Hall–Kier alpha value is -3.67. The fourth-order valence-corrected chi connectivity index (χ4v) is 2.97. The van der Waals surface area contributed by atoms with E-state index in [-0.39, 0.29) is 5.91 Å². The van der Waals surface area contributed by atoms with Crippen molar-refractivity contribution >= 4 is 28.9 Å². The van der Waals surface area contributed by atoms with Gasteiger partial charge in [0.1, 0.15) is 0 Å². The molecule has 0 aliphatic heterocycles. The monoisotopic (exact) mass is 389 g/mol. The highest BCUT2D eigenvalue weighted by Gasteiger charge is 2.17. The van der Waals surface area contributed by atoms with Crippen LogP contribution in [0.4, 0.5) is 17.1 Å². The number of para-hydroxylation sites is 2. The molecule has 3 aromatic rings. The Kier molecular flexibility index (Phi) is 6.58.